The highest BCUT2D eigenvalue weighted by Gasteiger charge is 2.29. The second kappa shape index (κ2) is 7.68. The van der Waals surface area contributed by atoms with E-state index in [-0.39, 0.29) is 12.0 Å². The Morgan fingerprint density at radius 3 is 2.58 bits per heavy atom. The van der Waals surface area contributed by atoms with Crippen molar-refractivity contribution in [2.75, 3.05) is 13.1 Å². The minimum Gasteiger partial charge on any atom is -0.444 e. The first-order chi connectivity index (χ1) is 12.4. The van der Waals surface area contributed by atoms with E-state index < -0.39 is 5.60 Å². The number of carbonyl (C=O) groups excluding carboxylic acids is 1. The first-order valence-electron chi connectivity index (χ1n) is 8.80. The molecule has 0 N–H and O–H groups in total. The summed E-state index contributed by atoms with van der Waals surface area (Å²) < 4.78 is 10.7. The molecule has 7 heteroatoms. The Hall–Kier alpha value is -2.70. The number of hydrogen-bond donors (Lipinski definition) is 0. The number of carbonyl (C=O) groups is 1. The van der Waals surface area contributed by atoms with E-state index in [0.29, 0.717) is 24.8 Å². The van der Waals surface area contributed by atoms with Gasteiger partial charge >= 0.3 is 6.09 Å². The normalized spacial score (nSPS) is 16.2. The topological polar surface area (TPSA) is 81.4 Å². The number of pyridine rings is 1. The number of ether oxygens (including phenoxy) is 1. The smallest absolute Gasteiger partial charge is 0.410 e. The van der Waals surface area contributed by atoms with Crippen molar-refractivity contribution in [3.05, 3.63) is 41.8 Å². The van der Waals surface area contributed by atoms with Gasteiger partial charge < -0.3 is 14.2 Å². The fourth-order valence-electron chi connectivity index (χ4n) is 2.77. The Kier molecular flexibility index (Phi) is 5.35. The van der Waals surface area contributed by atoms with Crippen molar-refractivity contribution in [3.8, 4) is 0 Å². The summed E-state index contributed by atoms with van der Waals surface area (Å²) in [7, 11) is 0. The molecule has 1 aliphatic rings. The van der Waals surface area contributed by atoms with Crippen LogP contribution in [0.15, 0.2) is 29.0 Å². The molecule has 26 heavy (non-hydrogen) atoms. The van der Waals surface area contributed by atoms with Crippen LogP contribution in [0.3, 0.4) is 0 Å². The number of piperidine rings is 1. The average Bonchev–Trinajstić information content (AvgIpc) is 3.08. The molecule has 7 nitrogen and oxygen atoms in total. The Morgan fingerprint density at radius 1 is 1.23 bits per heavy atom. The second-order valence-electron chi connectivity index (χ2n) is 7.35. The highest BCUT2D eigenvalue weighted by Crippen LogP contribution is 2.27. The molecule has 0 radical (unpaired) electrons. The summed E-state index contributed by atoms with van der Waals surface area (Å²) in [5, 5.41) is 4.10. The lowest BCUT2D eigenvalue weighted by atomic mass is 9.96. The van der Waals surface area contributed by atoms with Crippen LogP contribution in [0.4, 0.5) is 4.79 Å². The first kappa shape index (κ1) is 18.1. The molecule has 3 rings (SSSR count). The SMILES string of the molecule is CC(C)(C)OC(=O)N1CCC(c2noc(C=Cc3ccncc3)n2)CC1. The van der Waals surface area contributed by atoms with E-state index in [1.807, 2.05) is 39.0 Å². The van der Waals surface area contributed by atoms with E-state index in [4.69, 9.17) is 9.26 Å². The van der Waals surface area contributed by atoms with E-state index >= 15 is 0 Å². The van der Waals surface area contributed by atoms with Crippen molar-refractivity contribution in [3.63, 3.8) is 0 Å². The monoisotopic (exact) mass is 356 g/mol. The number of likely N-dealkylation sites (tertiary alicyclic amines) is 1. The first-order valence-corrected chi connectivity index (χ1v) is 8.80. The lowest BCUT2D eigenvalue weighted by molar-refractivity contribution is 0.0203. The van der Waals surface area contributed by atoms with Gasteiger partial charge in [-0.25, -0.2) is 4.79 Å². The molecule has 138 valence electrons. The molecule has 2 aromatic heterocycles. The fourth-order valence-corrected chi connectivity index (χ4v) is 2.77. The van der Waals surface area contributed by atoms with Crippen molar-refractivity contribution < 1.29 is 14.1 Å². The highest BCUT2D eigenvalue weighted by molar-refractivity contribution is 5.68. The Morgan fingerprint density at radius 2 is 1.92 bits per heavy atom. The van der Waals surface area contributed by atoms with Crippen LogP contribution in [0, 0.1) is 0 Å². The lowest BCUT2D eigenvalue weighted by Gasteiger charge is -2.32. The zero-order valence-electron chi connectivity index (χ0n) is 15.4. The fraction of sp³-hybridized carbons (Fsp3) is 0.474. The summed E-state index contributed by atoms with van der Waals surface area (Å²) in [5.74, 6) is 1.37. The summed E-state index contributed by atoms with van der Waals surface area (Å²) >= 11 is 0. The van der Waals surface area contributed by atoms with Gasteiger partial charge in [-0.1, -0.05) is 5.16 Å². The van der Waals surface area contributed by atoms with E-state index in [0.717, 1.165) is 18.4 Å². The molecule has 1 aliphatic heterocycles. The summed E-state index contributed by atoms with van der Waals surface area (Å²) in [6.07, 6.45) is 8.50. The van der Waals surface area contributed by atoms with Gasteiger partial charge in [0, 0.05) is 37.5 Å². The lowest BCUT2D eigenvalue weighted by Crippen LogP contribution is -2.41. The molecule has 1 amide bonds. The summed E-state index contributed by atoms with van der Waals surface area (Å²) in [5.41, 5.74) is 0.544. The number of aromatic nitrogens is 3. The van der Waals surface area contributed by atoms with Crippen molar-refractivity contribution in [2.24, 2.45) is 0 Å². The second-order valence-corrected chi connectivity index (χ2v) is 7.35. The maximum absolute atomic E-state index is 12.1. The molecule has 0 aliphatic carbocycles. The maximum atomic E-state index is 12.1. The van der Waals surface area contributed by atoms with Gasteiger partial charge in [0.15, 0.2) is 5.82 Å². The quantitative estimate of drug-likeness (QED) is 0.833. The van der Waals surface area contributed by atoms with Gasteiger partial charge in [0.1, 0.15) is 5.60 Å². The Bertz CT molecular complexity index is 757. The zero-order chi connectivity index (χ0) is 18.6. The average molecular weight is 356 g/mol. The molecular formula is C19H24N4O3. The van der Waals surface area contributed by atoms with Crippen LogP contribution in [0.1, 0.15) is 56.8 Å². The Labute approximate surface area is 153 Å². The van der Waals surface area contributed by atoms with Crippen LogP contribution in [-0.4, -0.2) is 44.8 Å². The molecule has 0 bridgehead atoms. The molecule has 1 fully saturated rings. The summed E-state index contributed by atoms with van der Waals surface area (Å²) in [6.45, 7) is 6.89. The van der Waals surface area contributed by atoms with Crippen LogP contribution < -0.4 is 0 Å². The zero-order valence-corrected chi connectivity index (χ0v) is 15.4. The minimum atomic E-state index is -0.475. The van der Waals surface area contributed by atoms with Crippen LogP contribution in [0.5, 0.6) is 0 Å². The van der Waals surface area contributed by atoms with Crippen molar-refractivity contribution >= 4 is 18.2 Å². The van der Waals surface area contributed by atoms with Crippen LogP contribution in [-0.2, 0) is 4.74 Å². The predicted molar refractivity (Wildman–Crippen MR) is 97.2 cm³/mol. The van der Waals surface area contributed by atoms with E-state index in [1.165, 1.54) is 0 Å². The number of rotatable bonds is 3. The van der Waals surface area contributed by atoms with Gasteiger partial charge in [0.25, 0.3) is 5.89 Å². The van der Waals surface area contributed by atoms with E-state index in [2.05, 4.69) is 15.1 Å². The third-order valence-corrected chi connectivity index (χ3v) is 4.09. The summed E-state index contributed by atoms with van der Waals surface area (Å²) in [4.78, 5) is 22.3. The van der Waals surface area contributed by atoms with Gasteiger partial charge in [-0.3, -0.25) is 4.98 Å². The minimum absolute atomic E-state index is 0.195. The van der Waals surface area contributed by atoms with Gasteiger partial charge in [0.05, 0.1) is 0 Å². The van der Waals surface area contributed by atoms with Crippen molar-refractivity contribution in [1.29, 1.82) is 0 Å². The third-order valence-electron chi connectivity index (χ3n) is 4.09. The number of amides is 1. The largest absolute Gasteiger partial charge is 0.444 e. The molecule has 3 heterocycles. The number of hydrogen-bond acceptors (Lipinski definition) is 6. The highest BCUT2D eigenvalue weighted by atomic mass is 16.6. The molecular weight excluding hydrogens is 332 g/mol. The molecule has 0 saturated carbocycles. The van der Waals surface area contributed by atoms with Gasteiger partial charge in [-0.2, -0.15) is 4.98 Å². The van der Waals surface area contributed by atoms with Crippen LogP contribution >= 0.6 is 0 Å². The maximum Gasteiger partial charge on any atom is 0.410 e. The molecule has 0 unspecified atom stereocenters. The summed E-state index contributed by atoms with van der Waals surface area (Å²) in [6, 6.07) is 3.81. The van der Waals surface area contributed by atoms with Gasteiger partial charge in [-0.15, -0.1) is 0 Å². The van der Waals surface area contributed by atoms with E-state index in [1.54, 1.807) is 23.4 Å². The molecule has 1 saturated heterocycles. The molecule has 0 atom stereocenters. The van der Waals surface area contributed by atoms with Gasteiger partial charge in [-0.05, 0) is 57.4 Å². The molecule has 2 aromatic rings. The van der Waals surface area contributed by atoms with Crippen molar-refractivity contribution in [1.82, 2.24) is 20.0 Å². The van der Waals surface area contributed by atoms with Crippen LogP contribution in [0.25, 0.3) is 12.2 Å². The van der Waals surface area contributed by atoms with Gasteiger partial charge in [0.2, 0.25) is 0 Å². The van der Waals surface area contributed by atoms with Crippen LogP contribution in [0.2, 0.25) is 0 Å². The molecule has 0 aromatic carbocycles. The predicted octanol–water partition coefficient (Wildman–Crippen LogP) is 3.75. The number of nitrogens with zero attached hydrogens (tertiary/aromatic N) is 4. The molecule has 0 spiro atoms. The van der Waals surface area contributed by atoms with Crippen molar-refractivity contribution in [2.45, 2.75) is 45.1 Å². The standard InChI is InChI=1S/C19H24N4O3/c1-19(2,3)25-18(24)23-12-8-15(9-13-23)17-21-16(26-22-17)5-4-14-6-10-20-11-7-14/h4-7,10-11,15H,8-9,12-13H2,1-3H3. The third kappa shape index (κ3) is 4.91. The Balaban J connectivity index is 1.55. The van der Waals surface area contributed by atoms with E-state index in [9.17, 15) is 4.79 Å².